The van der Waals surface area contributed by atoms with Crippen LogP contribution in [0.5, 0.6) is 11.5 Å². The number of hydrogen-bond acceptors (Lipinski definition) is 5. The van der Waals surface area contributed by atoms with E-state index < -0.39 is 0 Å². The number of anilines is 1. The Bertz CT molecular complexity index is 710. The molecule has 1 amide bonds. The molecule has 0 spiro atoms. The highest BCUT2D eigenvalue weighted by Gasteiger charge is 2.19. The molecule has 1 heterocycles. The number of thiazole rings is 1. The largest absolute Gasteiger partial charge is 0.508 e. The van der Waals surface area contributed by atoms with Crippen molar-refractivity contribution in [1.82, 2.24) is 4.98 Å². The van der Waals surface area contributed by atoms with Crippen molar-refractivity contribution in [1.29, 1.82) is 0 Å². The fourth-order valence-electron chi connectivity index (χ4n) is 2.26. The van der Waals surface area contributed by atoms with Crippen LogP contribution in [0.1, 0.15) is 30.0 Å². The predicted molar refractivity (Wildman–Crippen MR) is 92.6 cm³/mol. The zero-order valence-electron chi connectivity index (χ0n) is 14.1. The third-order valence-corrected chi connectivity index (χ3v) is 4.71. The van der Waals surface area contributed by atoms with Gasteiger partial charge in [-0.1, -0.05) is 19.9 Å². The van der Waals surface area contributed by atoms with Crippen molar-refractivity contribution in [3.63, 3.8) is 0 Å². The molecule has 0 aliphatic carbocycles. The second-order valence-corrected chi connectivity index (χ2v) is 6.91. The number of aromatic nitrogens is 1. The van der Waals surface area contributed by atoms with E-state index >= 15 is 0 Å². The number of carbonyl (C=O) groups is 1. The van der Waals surface area contributed by atoms with Crippen molar-refractivity contribution < 1.29 is 14.6 Å². The molecule has 124 valence electrons. The van der Waals surface area contributed by atoms with Crippen molar-refractivity contribution in [2.45, 2.75) is 27.2 Å². The summed E-state index contributed by atoms with van der Waals surface area (Å²) in [4.78, 5) is 19.4. The van der Waals surface area contributed by atoms with Gasteiger partial charge >= 0.3 is 0 Å². The first-order chi connectivity index (χ1) is 10.8. The standard InChI is InChI=1S/C17H22N2O3S/c1-10(2)16(21)19(4)17-18-14(11(3)23-17)8-12-6-7-13(20)9-15(12)22-5/h6-7,9-10,20H,8H2,1-5H3. The maximum absolute atomic E-state index is 12.1. The molecule has 0 saturated heterocycles. The van der Waals surface area contributed by atoms with E-state index in [1.54, 1.807) is 31.2 Å². The van der Waals surface area contributed by atoms with Crippen LogP contribution in [0, 0.1) is 12.8 Å². The molecule has 2 aromatic rings. The van der Waals surface area contributed by atoms with Crippen LogP contribution >= 0.6 is 11.3 Å². The third kappa shape index (κ3) is 3.82. The molecule has 0 fully saturated rings. The van der Waals surface area contributed by atoms with Crippen LogP contribution < -0.4 is 9.64 Å². The van der Waals surface area contributed by atoms with Gasteiger partial charge in [0.25, 0.3) is 0 Å². The minimum Gasteiger partial charge on any atom is -0.508 e. The maximum Gasteiger partial charge on any atom is 0.231 e. The number of aromatic hydroxyl groups is 1. The Balaban J connectivity index is 2.27. The molecule has 0 atom stereocenters. The number of phenols is 1. The van der Waals surface area contributed by atoms with Crippen LogP contribution in [-0.2, 0) is 11.2 Å². The zero-order chi connectivity index (χ0) is 17.1. The SMILES string of the molecule is COc1cc(O)ccc1Cc1nc(N(C)C(=O)C(C)C)sc1C. The number of hydrogen-bond donors (Lipinski definition) is 1. The second-order valence-electron chi connectivity index (χ2n) is 5.72. The molecular formula is C17H22N2O3S. The summed E-state index contributed by atoms with van der Waals surface area (Å²) in [5.74, 6) is 0.784. The quantitative estimate of drug-likeness (QED) is 0.910. The van der Waals surface area contributed by atoms with Crippen molar-refractivity contribution in [2.75, 3.05) is 19.1 Å². The van der Waals surface area contributed by atoms with Gasteiger partial charge in [-0.05, 0) is 13.0 Å². The summed E-state index contributed by atoms with van der Waals surface area (Å²) >= 11 is 1.51. The van der Waals surface area contributed by atoms with Crippen molar-refractivity contribution >= 4 is 22.4 Å². The van der Waals surface area contributed by atoms with Gasteiger partial charge in [0.15, 0.2) is 5.13 Å². The van der Waals surface area contributed by atoms with Crippen LogP contribution in [0.25, 0.3) is 0 Å². The zero-order valence-corrected chi connectivity index (χ0v) is 14.9. The smallest absolute Gasteiger partial charge is 0.231 e. The number of aryl methyl sites for hydroxylation is 1. The van der Waals surface area contributed by atoms with E-state index in [0.29, 0.717) is 17.3 Å². The van der Waals surface area contributed by atoms with Gasteiger partial charge in [0.05, 0.1) is 12.8 Å². The molecule has 1 aromatic carbocycles. The Hall–Kier alpha value is -2.08. The Kier molecular flexibility index (Phi) is 5.26. The van der Waals surface area contributed by atoms with Crippen LogP contribution in [0.2, 0.25) is 0 Å². The van der Waals surface area contributed by atoms with Gasteiger partial charge in [-0.25, -0.2) is 4.98 Å². The number of nitrogens with zero attached hydrogens (tertiary/aromatic N) is 2. The average Bonchev–Trinajstić information content (AvgIpc) is 2.88. The van der Waals surface area contributed by atoms with Gasteiger partial charge in [-0.2, -0.15) is 0 Å². The van der Waals surface area contributed by atoms with Gasteiger partial charge in [0.1, 0.15) is 11.5 Å². The van der Waals surface area contributed by atoms with Gasteiger partial charge in [-0.3, -0.25) is 9.69 Å². The summed E-state index contributed by atoms with van der Waals surface area (Å²) in [5.41, 5.74) is 1.86. The molecule has 0 unspecified atom stereocenters. The lowest BCUT2D eigenvalue weighted by molar-refractivity contribution is -0.121. The molecule has 0 saturated carbocycles. The topological polar surface area (TPSA) is 62.7 Å². The first-order valence-corrected chi connectivity index (χ1v) is 8.25. The van der Waals surface area contributed by atoms with E-state index in [4.69, 9.17) is 4.74 Å². The summed E-state index contributed by atoms with van der Waals surface area (Å²) in [6.07, 6.45) is 0.593. The fourth-order valence-corrected chi connectivity index (χ4v) is 3.15. The fraction of sp³-hybridized carbons (Fsp3) is 0.412. The number of methoxy groups -OCH3 is 1. The predicted octanol–water partition coefficient (Wildman–Crippen LogP) is 3.38. The highest BCUT2D eigenvalue weighted by molar-refractivity contribution is 7.15. The Labute approximate surface area is 140 Å². The van der Waals surface area contributed by atoms with Gasteiger partial charge < -0.3 is 9.84 Å². The van der Waals surface area contributed by atoms with Crippen LogP contribution in [-0.4, -0.2) is 30.2 Å². The van der Waals surface area contributed by atoms with E-state index in [1.165, 1.54) is 11.3 Å². The molecule has 0 aliphatic heterocycles. The number of rotatable bonds is 5. The van der Waals surface area contributed by atoms with Gasteiger partial charge in [0.2, 0.25) is 5.91 Å². The van der Waals surface area contributed by atoms with Crippen LogP contribution in [0.15, 0.2) is 18.2 Å². The number of phenolic OH excluding ortho intramolecular Hbond substituents is 1. The normalized spacial score (nSPS) is 10.9. The lowest BCUT2D eigenvalue weighted by atomic mass is 10.1. The summed E-state index contributed by atoms with van der Waals surface area (Å²) in [7, 11) is 3.33. The summed E-state index contributed by atoms with van der Waals surface area (Å²) in [5, 5.41) is 10.2. The minimum atomic E-state index is -0.0650. The molecule has 0 radical (unpaired) electrons. The molecular weight excluding hydrogens is 312 g/mol. The van der Waals surface area contributed by atoms with E-state index in [9.17, 15) is 9.90 Å². The van der Waals surface area contributed by atoms with Crippen molar-refractivity contribution in [3.8, 4) is 11.5 Å². The number of ether oxygens (including phenoxy) is 1. The first-order valence-electron chi connectivity index (χ1n) is 7.43. The number of benzene rings is 1. The molecule has 0 bridgehead atoms. The number of carbonyl (C=O) groups excluding carboxylic acids is 1. The lowest BCUT2D eigenvalue weighted by Gasteiger charge is -2.15. The first kappa shape index (κ1) is 17.3. The summed E-state index contributed by atoms with van der Waals surface area (Å²) < 4.78 is 5.31. The minimum absolute atomic E-state index is 0.0486. The Morgan fingerprint density at radius 2 is 2.13 bits per heavy atom. The molecule has 5 nitrogen and oxygen atoms in total. The Morgan fingerprint density at radius 1 is 1.43 bits per heavy atom. The highest BCUT2D eigenvalue weighted by atomic mass is 32.1. The van der Waals surface area contributed by atoms with Crippen LogP contribution in [0.3, 0.4) is 0 Å². The van der Waals surface area contributed by atoms with E-state index in [2.05, 4.69) is 4.98 Å². The third-order valence-electron chi connectivity index (χ3n) is 3.62. The maximum atomic E-state index is 12.1. The van der Waals surface area contributed by atoms with E-state index in [1.807, 2.05) is 26.8 Å². The summed E-state index contributed by atoms with van der Waals surface area (Å²) in [6, 6.07) is 5.05. The average molecular weight is 334 g/mol. The van der Waals surface area contributed by atoms with E-state index in [0.717, 1.165) is 16.1 Å². The Morgan fingerprint density at radius 3 is 2.74 bits per heavy atom. The van der Waals surface area contributed by atoms with Gasteiger partial charge in [0, 0.05) is 35.9 Å². The van der Waals surface area contributed by atoms with Crippen LogP contribution in [0.4, 0.5) is 5.13 Å². The summed E-state index contributed by atoms with van der Waals surface area (Å²) in [6.45, 7) is 5.75. The van der Waals surface area contributed by atoms with Crippen molar-refractivity contribution in [2.24, 2.45) is 5.92 Å². The monoisotopic (exact) mass is 334 g/mol. The van der Waals surface area contributed by atoms with Crippen molar-refractivity contribution in [3.05, 3.63) is 34.3 Å². The molecule has 23 heavy (non-hydrogen) atoms. The lowest BCUT2D eigenvalue weighted by Crippen LogP contribution is -2.30. The second kappa shape index (κ2) is 7.00. The molecule has 0 aliphatic rings. The molecule has 2 rings (SSSR count). The highest BCUT2D eigenvalue weighted by Crippen LogP contribution is 2.31. The molecule has 6 heteroatoms. The molecule has 1 aromatic heterocycles. The molecule has 1 N–H and O–H groups in total. The van der Waals surface area contributed by atoms with Gasteiger partial charge in [-0.15, -0.1) is 11.3 Å². The van der Waals surface area contributed by atoms with E-state index in [-0.39, 0.29) is 17.6 Å². The number of amides is 1.